The maximum atomic E-state index is 13.6. The summed E-state index contributed by atoms with van der Waals surface area (Å²) in [7, 11) is 0. The normalized spacial score (nSPS) is 12.8. The SMILES string of the molecule is CC1(C)c2ccccc2-c2ccc(N(c3ccc(-c4ccccc4)cc3)c3cccc(C(=O)c4ccccc4Br)c3)cc21. The van der Waals surface area contributed by atoms with Crippen LogP contribution in [0.2, 0.25) is 0 Å². The van der Waals surface area contributed by atoms with Crippen LogP contribution >= 0.6 is 15.9 Å². The van der Waals surface area contributed by atoms with E-state index in [0.717, 1.165) is 27.1 Å². The number of ketones is 1. The van der Waals surface area contributed by atoms with Gasteiger partial charge in [-0.05, 0) is 81.9 Å². The minimum atomic E-state index is -0.123. The molecule has 0 bridgehead atoms. The largest absolute Gasteiger partial charge is 0.310 e. The van der Waals surface area contributed by atoms with Crippen molar-refractivity contribution in [3.8, 4) is 22.3 Å². The van der Waals surface area contributed by atoms with Crippen LogP contribution in [0.1, 0.15) is 40.9 Å². The third-order valence-corrected chi connectivity index (χ3v) is 9.23. The summed E-state index contributed by atoms with van der Waals surface area (Å²) in [6.07, 6.45) is 0. The Morgan fingerprint density at radius 1 is 0.558 bits per heavy atom. The van der Waals surface area contributed by atoms with Gasteiger partial charge in [0, 0.05) is 38.1 Å². The van der Waals surface area contributed by atoms with Gasteiger partial charge in [0.05, 0.1) is 0 Å². The van der Waals surface area contributed by atoms with Gasteiger partial charge in [-0.3, -0.25) is 4.79 Å². The number of halogens is 1. The lowest BCUT2D eigenvalue weighted by Gasteiger charge is -2.28. The molecule has 7 rings (SSSR count). The summed E-state index contributed by atoms with van der Waals surface area (Å²) < 4.78 is 0.791. The average Bonchev–Trinajstić information content (AvgIpc) is 3.28. The quantitative estimate of drug-likeness (QED) is 0.173. The number of benzene rings is 6. The molecule has 0 atom stereocenters. The molecule has 0 radical (unpaired) electrons. The highest BCUT2D eigenvalue weighted by Crippen LogP contribution is 2.50. The van der Waals surface area contributed by atoms with Crippen LogP contribution in [0.3, 0.4) is 0 Å². The van der Waals surface area contributed by atoms with Crippen molar-refractivity contribution in [2.75, 3.05) is 4.90 Å². The number of fused-ring (bicyclic) bond motifs is 3. The third-order valence-electron chi connectivity index (χ3n) is 8.54. The van der Waals surface area contributed by atoms with Crippen LogP contribution in [-0.2, 0) is 5.41 Å². The smallest absolute Gasteiger partial charge is 0.194 e. The van der Waals surface area contributed by atoms with E-state index in [1.54, 1.807) is 0 Å². The molecule has 0 amide bonds. The topological polar surface area (TPSA) is 20.3 Å². The molecule has 0 fully saturated rings. The van der Waals surface area contributed by atoms with Crippen LogP contribution in [0.4, 0.5) is 17.1 Å². The first-order valence-corrected chi connectivity index (χ1v) is 15.3. The molecule has 0 saturated carbocycles. The Bertz CT molecular complexity index is 1980. The van der Waals surface area contributed by atoms with Crippen LogP contribution < -0.4 is 4.90 Å². The van der Waals surface area contributed by atoms with E-state index in [2.05, 4.69) is 132 Å². The van der Waals surface area contributed by atoms with Crippen molar-refractivity contribution in [3.05, 3.63) is 172 Å². The molecule has 1 aliphatic rings. The van der Waals surface area contributed by atoms with Crippen molar-refractivity contribution in [1.29, 1.82) is 0 Å². The van der Waals surface area contributed by atoms with Crippen molar-refractivity contribution < 1.29 is 4.79 Å². The Kier molecular flexibility index (Phi) is 6.83. The molecular formula is C40H30BrNO. The standard InChI is InChI=1S/C40H30BrNO/c1-40(2)36-17-8-6-15-33(36)34-24-23-32(26-37(34)40)42(30-21-19-28(20-22-30)27-11-4-3-5-12-27)31-14-10-13-29(25-31)39(43)35-16-7-9-18-38(35)41/h3-26H,1-2H3. The van der Waals surface area contributed by atoms with E-state index in [0.29, 0.717) is 11.1 Å². The zero-order chi connectivity index (χ0) is 29.6. The lowest BCUT2D eigenvalue weighted by molar-refractivity contribution is 0.103. The van der Waals surface area contributed by atoms with E-state index in [-0.39, 0.29) is 11.2 Å². The highest BCUT2D eigenvalue weighted by molar-refractivity contribution is 9.10. The summed E-state index contributed by atoms with van der Waals surface area (Å²) >= 11 is 3.56. The van der Waals surface area contributed by atoms with Crippen molar-refractivity contribution in [2.45, 2.75) is 19.3 Å². The molecule has 2 nitrogen and oxygen atoms in total. The molecule has 208 valence electrons. The summed E-state index contributed by atoms with van der Waals surface area (Å²) in [5.41, 5.74) is 11.7. The van der Waals surface area contributed by atoms with Gasteiger partial charge in [-0.1, -0.05) is 127 Å². The lowest BCUT2D eigenvalue weighted by Crippen LogP contribution is -2.16. The van der Waals surface area contributed by atoms with Gasteiger partial charge in [0.15, 0.2) is 5.78 Å². The molecular weight excluding hydrogens is 590 g/mol. The van der Waals surface area contributed by atoms with Gasteiger partial charge in [-0.2, -0.15) is 0 Å². The van der Waals surface area contributed by atoms with Crippen molar-refractivity contribution in [3.63, 3.8) is 0 Å². The Balaban J connectivity index is 1.36. The Morgan fingerprint density at radius 3 is 1.98 bits per heavy atom. The van der Waals surface area contributed by atoms with E-state index >= 15 is 0 Å². The van der Waals surface area contributed by atoms with Crippen molar-refractivity contribution in [1.82, 2.24) is 0 Å². The Morgan fingerprint density at radius 2 is 1.19 bits per heavy atom. The maximum absolute atomic E-state index is 13.6. The van der Waals surface area contributed by atoms with E-state index < -0.39 is 0 Å². The van der Waals surface area contributed by atoms with Crippen LogP contribution in [0, 0.1) is 0 Å². The van der Waals surface area contributed by atoms with Gasteiger partial charge in [0.2, 0.25) is 0 Å². The zero-order valence-electron chi connectivity index (χ0n) is 24.1. The average molecular weight is 621 g/mol. The van der Waals surface area contributed by atoms with E-state index in [1.807, 2.05) is 48.5 Å². The molecule has 6 aromatic carbocycles. The lowest BCUT2D eigenvalue weighted by atomic mass is 9.82. The second-order valence-electron chi connectivity index (χ2n) is 11.5. The molecule has 0 spiro atoms. The highest BCUT2D eigenvalue weighted by Gasteiger charge is 2.35. The highest BCUT2D eigenvalue weighted by atomic mass is 79.9. The first kappa shape index (κ1) is 27.1. The number of carbonyl (C=O) groups is 1. The second-order valence-corrected chi connectivity index (χ2v) is 12.4. The van der Waals surface area contributed by atoms with Crippen LogP contribution in [-0.4, -0.2) is 5.78 Å². The predicted molar refractivity (Wildman–Crippen MR) is 182 cm³/mol. The molecule has 0 unspecified atom stereocenters. The Labute approximate surface area is 261 Å². The molecule has 0 saturated heterocycles. The van der Waals surface area contributed by atoms with Gasteiger partial charge in [-0.25, -0.2) is 0 Å². The number of hydrogen-bond donors (Lipinski definition) is 0. The second kappa shape index (κ2) is 10.8. The molecule has 0 aromatic heterocycles. The number of hydrogen-bond acceptors (Lipinski definition) is 2. The predicted octanol–water partition coefficient (Wildman–Crippen LogP) is 11.1. The number of nitrogens with zero attached hydrogens (tertiary/aromatic N) is 1. The molecule has 0 aliphatic heterocycles. The van der Waals surface area contributed by atoms with Crippen LogP contribution in [0.15, 0.2) is 150 Å². The van der Waals surface area contributed by atoms with Crippen molar-refractivity contribution in [2.24, 2.45) is 0 Å². The van der Waals surface area contributed by atoms with E-state index in [9.17, 15) is 4.79 Å². The fourth-order valence-electron chi connectivity index (χ4n) is 6.30. The molecule has 1 aliphatic carbocycles. The van der Waals surface area contributed by atoms with E-state index in [4.69, 9.17) is 0 Å². The minimum absolute atomic E-state index is 0.0146. The summed E-state index contributed by atoms with van der Waals surface area (Å²) in [6, 6.07) is 50.1. The molecule has 0 heterocycles. The first-order chi connectivity index (χ1) is 20.9. The molecule has 3 heteroatoms. The fourth-order valence-corrected chi connectivity index (χ4v) is 6.76. The summed E-state index contributed by atoms with van der Waals surface area (Å²) in [5.74, 6) is -0.0146. The number of carbonyl (C=O) groups excluding carboxylic acids is 1. The minimum Gasteiger partial charge on any atom is -0.310 e. The number of anilines is 3. The van der Waals surface area contributed by atoms with Gasteiger partial charge >= 0.3 is 0 Å². The Hall–Kier alpha value is -4.73. The first-order valence-electron chi connectivity index (χ1n) is 14.5. The third kappa shape index (κ3) is 4.80. The van der Waals surface area contributed by atoms with Crippen LogP contribution in [0.25, 0.3) is 22.3 Å². The molecule has 43 heavy (non-hydrogen) atoms. The fraction of sp³-hybridized carbons (Fsp3) is 0.0750. The van der Waals surface area contributed by atoms with E-state index in [1.165, 1.54) is 27.8 Å². The van der Waals surface area contributed by atoms with Gasteiger partial charge in [0.1, 0.15) is 0 Å². The van der Waals surface area contributed by atoms with Crippen molar-refractivity contribution >= 4 is 38.8 Å². The van der Waals surface area contributed by atoms with Gasteiger partial charge in [-0.15, -0.1) is 0 Å². The zero-order valence-corrected chi connectivity index (χ0v) is 25.7. The van der Waals surface area contributed by atoms with Gasteiger partial charge < -0.3 is 4.90 Å². The summed E-state index contributed by atoms with van der Waals surface area (Å²) in [4.78, 5) is 15.9. The monoisotopic (exact) mass is 619 g/mol. The summed E-state index contributed by atoms with van der Waals surface area (Å²) in [6.45, 7) is 4.61. The maximum Gasteiger partial charge on any atom is 0.194 e. The number of rotatable bonds is 6. The van der Waals surface area contributed by atoms with Gasteiger partial charge in [0.25, 0.3) is 0 Å². The molecule has 6 aromatic rings. The molecule has 0 N–H and O–H groups in total. The summed E-state index contributed by atoms with van der Waals surface area (Å²) in [5, 5.41) is 0. The van der Waals surface area contributed by atoms with Crippen LogP contribution in [0.5, 0.6) is 0 Å².